The van der Waals surface area contributed by atoms with Gasteiger partial charge in [-0.1, -0.05) is 0 Å². The van der Waals surface area contributed by atoms with E-state index < -0.39 is 17.1 Å². The average Bonchev–Trinajstić information content (AvgIpc) is 2.76. The third-order valence-electron chi connectivity index (χ3n) is 2.93. The van der Waals surface area contributed by atoms with Crippen LogP contribution in [0.4, 0.5) is 4.39 Å². The zero-order valence-electron chi connectivity index (χ0n) is 9.53. The Morgan fingerprint density at radius 3 is 2.88 bits per heavy atom. The van der Waals surface area contributed by atoms with Gasteiger partial charge in [-0.25, -0.2) is 4.39 Å². The summed E-state index contributed by atoms with van der Waals surface area (Å²) in [6.07, 6.45) is 0.414. The van der Waals surface area contributed by atoms with Gasteiger partial charge in [-0.2, -0.15) is 0 Å². The Morgan fingerprint density at radius 2 is 2.35 bits per heavy atom. The fraction of sp³-hybridized carbons (Fsp3) is 0.417. The number of hydrogen-bond acceptors (Lipinski definition) is 4. The van der Waals surface area contributed by atoms with Gasteiger partial charge in [0.2, 0.25) is 0 Å². The van der Waals surface area contributed by atoms with E-state index in [-0.39, 0.29) is 12.2 Å². The highest BCUT2D eigenvalue weighted by Crippen LogP contribution is 2.24. The zero-order valence-corrected chi connectivity index (χ0v) is 9.53. The lowest BCUT2D eigenvalue weighted by atomic mass is 9.89. The Morgan fingerprint density at radius 1 is 1.59 bits per heavy atom. The topological polar surface area (TPSA) is 61.5 Å². The molecule has 0 bridgehead atoms. The Labute approximate surface area is 98.5 Å². The minimum absolute atomic E-state index is 0.0150. The van der Waals surface area contributed by atoms with Crippen LogP contribution in [0.1, 0.15) is 16.8 Å². The molecule has 2 N–H and O–H groups in total. The normalized spacial score (nSPS) is 23.7. The van der Waals surface area contributed by atoms with E-state index in [1.54, 1.807) is 0 Å². The molecule has 2 rings (SSSR count). The van der Waals surface area contributed by atoms with Gasteiger partial charge in [-0.05, 0) is 18.6 Å². The maximum atomic E-state index is 13.7. The summed E-state index contributed by atoms with van der Waals surface area (Å²) < 4.78 is 23.7. The quantitative estimate of drug-likeness (QED) is 0.803. The molecule has 1 unspecified atom stereocenters. The minimum Gasteiger partial charge on any atom is -0.497 e. The van der Waals surface area contributed by atoms with Crippen LogP contribution in [0, 0.1) is 5.82 Å². The highest BCUT2D eigenvalue weighted by Gasteiger charge is 2.39. The number of Topliss-reactive ketones (excluding diaryl/α,β-unsaturated/α-hetero) is 1. The molecule has 0 aromatic heterocycles. The van der Waals surface area contributed by atoms with Crippen LogP contribution in [0.15, 0.2) is 18.2 Å². The van der Waals surface area contributed by atoms with Crippen LogP contribution >= 0.6 is 0 Å². The van der Waals surface area contributed by atoms with Crippen molar-refractivity contribution in [3.63, 3.8) is 0 Å². The molecule has 1 aromatic carbocycles. The molecule has 0 aliphatic carbocycles. The van der Waals surface area contributed by atoms with Crippen molar-refractivity contribution in [2.24, 2.45) is 5.73 Å². The summed E-state index contributed by atoms with van der Waals surface area (Å²) in [6.45, 7) is 0.567. The predicted molar refractivity (Wildman–Crippen MR) is 59.6 cm³/mol. The molecule has 0 saturated carbocycles. The van der Waals surface area contributed by atoms with Gasteiger partial charge in [0.25, 0.3) is 0 Å². The molecular weight excluding hydrogens is 225 g/mol. The van der Waals surface area contributed by atoms with E-state index in [0.717, 1.165) is 0 Å². The largest absolute Gasteiger partial charge is 0.497 e. The van der Waals surface area contributed by atoms with E-state index in [9.17, 15) is 9.18 Å². The number of methoxy groups -OCH3 is 1. The van der Waals surface area contributed by atoms with Crippen LogP contribution in [0.2, 0.25) is 0 Å². The second kappa shape index (κ2) is 4.43. The van der Waals surface area contributed by atoms with E-state index in [0.29, 0.717) is 18.8 Å². The molecule has 1 atom stereocenters. The molecule has 0 radical (unpaired) electrons. The Hall–Kier alpha value is -1.46. The second-order valence-electron chi connectivity index (χ2n) is 4.13. The highest BCUT2D eigenvalue weighted by atomic mass is 19.1. The number of rotatable bonds is 3. The molecule has 5 heteroatoms. The second-order valence-corrected chi connectivity index (χ2v) is 4.13. The molecule has 17 heavy (non-hydrogen) atoms. The number of ketones is 1. The summed E-state index contributed by atoms with van der Waals surface area (Å²) in [7, 11) is 1.44. The smallest absolute Gasteiger partial charge is 0.188 e. The summed E-state index contributed by atoms with van der Waals surface area (Å²) in [5.41, 5.74) is 4.78. The first-order chi connectivity index (χ1) is 8.07. The lowest BCUT2D eigenvalue weighted by molar-refractivity contribution is 0.0859. The molecule has 1 aliphatic heterocycles. The summed E-state index contributed by atoms with van der Waals surface area (Å²) in [6, 6.07) is 4.10. The number of hydrogen-bond donors (Lipinski definition) is 1. The monoisotopic (exact) mass is 239 g/mol. The summed E-state index contributed by atoms with van der Waals surface area (Å²) in [4.78, 5) is 12.1. The van der Waals surface area contributed by atoms with Crippen LogP contribution in [0.3, 0.4) is 0 Å². The SMILES string of the molecule is COc1ccc(C(=O)C2(N)CCOC2)c(F)c1. The van der Waals surface area contributed by atoms with Crippen molar-refractivity contribution < 1.29 is 18.7 Å². The fourth-order valence-electron chi connectivity index (χ4n) is 1.83. The number of nitrogens with two attached hydrogens (primary N) is 1. The highest BCUT2D eigenvalue weighted by molar-refractivity contribution is 6.03. The predicted octanol–water partition coefficient (Wildman–Crippen LogP) is 1.13. The molecule has 1 aromatic rings. The number of carbonyl (C=O) groups is 1. The number of halogens is 1. The van der Waals surface area contributed by atoms with Gasteiger partial charge < -0.3 is 15.2 Å². The summed E-state index contributed by atoms with van der Waals surface area (Å²) >= 11 is 0. The third-order valence-corrected chi connectivity index (χ3v) is 2.93. The lowest BCUT2D eigenvalue weighted by Gasteiger charge is -2.20. The number of ether oxygens (including phenoxy) is 2. The van der Waals surface area contributed by atoms with Gasteiger partial charge in [0, 0.05) is 12.7 Å². The van der Waals surface area contributed by atoms with E-state index in [1.807, 2.05) is 0 Å². The van der Waals surface area contributed by atoms with E-state index in [2.05, 4.69) is 0 Å². The molecule has 1 heterocycles. The van der Waals surface area contributed by atoms with Crippen molar-refractivity contribution in [2.45, 2.75) is 12.0 Å². The molecular formula is C12H14FNO3. The van der Waals surface area contributed by atoms with Gasteiger partial charge in [-0.15, -0.1) is 0 Å². The van der Waals surface area contributed by atoms with Crippen molar-refractivity contribution in [1.29, 1.82) is 0 Å². The minimum atomic E-state index is -1.10. The van der Waals surface area contributed by atoms with Crippen molar-refractivity contribution in [3.05, 3.63) is 29.6 Å². The van der Waals surface area contributed by atoms with Crippen LogP contribution < -0.4 is 10.5 Å². The van der Waals surface area contributed by atoms with Crippen molar-refractivity contribution in [1.82, 2.24) is 0 Å². The number of carbonyl (C=O) groups excluding carboxylic acids is 1. The van der Waals surface area contributed by atoms with Crippen molar-refractivity contribution in [2.75, 3.05) is 20.3 Å². The first-order valence-electron chi connectivity index (χ1n) is 5.32. The molecule has 4 nitrogen and oxygen atoms in total. The maximum Gasteiger partial charge on any atom is 0.188 e. The molecule has 1 aliphatic rings. The Bertz CT molecular complexity index is 441. The van der Waals surface area contributed by atoms with E-state index in [4.69, 9.17) is 15.2 Å². The van der Waals surface area contributed by atoms with Crippen LogP contribution in [0.5, 0.6) is 5.75 Å². The molecule has 1 fully saturated rings. The van der Waals surface area contributed by atoms with Crippen LogP contribution in [0.25, 0.3) is 0 Å². The van der Waals surface area contributed by atoms with Crippen molar-refractivity contribution >= 4 is 5.78 Å². The van der Waals surface area contributed by atoms with Crippen LogP contribution in [-0.2, 0) is 4.74 Å². The fourth-order valence-corrected chi connectivity index (χ4v) is 1.83. The van der Waals surface area contributed by atoms with E-state index >= 15 is 0 Å². The van der Waals surface area contributed by atoms with Gasteiger partial charge >= 0.3 is 0 Å². The zero-order chi connectivity index (χ0) is 12.5. The standard InChI is InChI=1S/C12H14FNO3/c1-16-8-2-3-9(10(13)6-8)11(15)12(14)4-5-17-7-12/h2-3,6H,4-5,7,14H2,1H3. The lowest BCUT2D eigenvalue weighted by Crippen LogP contribution is -2.48. The molecule has 1 saturated heterocycles. The first-order valence-corrected chi connectivity index (χ1v) is 5.32. The van der Waals surface area contributed by atoms with Crippen molar-refractivity contribution in [3.8, 4) is 5.75 Å². The first kappa shape index (κ1) is 12.0. The van der Waals surface area contributed by atoms with Gasteiger partial charge in [0.05, 0.1) is 19.3 Å². The van der Waals surface area contributed by atoms with Gasteiger partial charge in [0.15, 0.2) is 5.78 Å². The number of benzene rings is 1. The Balaban J connectivity index is 2.31. The Kier molecular flexibility index (Phi) is 3.13. The summed E-state index contributed by atoms with van der Waals surface area (Å²) in [5, 5.41) is 0. The third kappa shape index (κ3) is 2.16. The maximum absolute atomic E-state index is 13.7. The van der Waals surface area contributed by atoms with Crippen LogP contribution in [-0.4, -0.2) is 31.6 Å². The molecule has 92 valence electrons. The molecule has 0 spiro atoms. The van der Waals surface area contributed by atoms with E-state index in [1.165, 1.54) is 25.3 Å². The van der Waals surface area contributed by atoms with Gasteiger partial charge in [0.1, 0.15) is 17.1 Å². The average molecular weight is 239 g/mol. The molecule has 0 amide bonds. The summed E-state index contributed by atoms with van der Waals surface area (Å²) in [5.74, 6) is -0.672. The van der Waals surface area contributed by atoms with Gasteiger partial charge in [-0.3, -0.25) is 4.79 Å².